The first-order chi connectivity index (χ1) is 7.22. The van der Waals surface area contributed by atoms with Gasteiger partial charge in [-0.25, -0.2) is 0 Å². The normalized spacial score (nSPS) is 11.3. The molecule has 1 heterocycles. The third kappa shape index (κ3) is 1.78. The average Bonchev–Trinajstić information content (AvgIpc) is 2.22. The minimum atomic E-state index is -0.187. The van der Waals surface area contributed by atoms with Crippen molar-refractivity contribution < 1.29 is 5.21 Å². The first kappa shape index (κ1) is 9.92. The Morgan fingerprint density at radius 2 is 2.13 bits per heavy atom. The number of pyridine rings is 1. The van der Waals surface area contributed by atoms with Crippen LogP contribution in [0.25, 0.3) is 10.9 Å². The largest absolute Gasteiger partial charge is 0.411 e. The molecule has 2 aromatic rings. The number of rotatable bonds is 1. The van der Waals surface area contributed by atoms with Gasteiger partial charge < -0.3 is 10.2 Å². The van der Waals surface area contributed by atoms with E-state index in [1.807, 2.05) is 6.07 Å². The maximum Gasteiger partial charge on any atom is 0.248 e. The van der Waals surface area contributed by atoms with Crippen molar-refractivity contribution in [1.29, 1.82) is 0 Å². The molecule has 76 valence electrons. The van der Waals surface area contributed by atoms with Gasteiger partial charge in [0.05, 0.1) is 11.7 Å². The third-order valence-corrected chi connectivity index (χ3v) is 2.76. The van der Waals surface area contributed by atoms with Crippen molar-refractivity contribution in [3.8, 4) is 0 Å². The van der Waals surface area contributed by atoms with Crippen LogP contribution in [-0.2, 0) is 0 Å². The number of hydrogen-bond donors (Lipinski definition) is 2. The zero-order valence-corrected chi connectivity index (χ0v) is 9.15. The lowest BCUT2D eigenvalue weighted by atomic mass is 10.1. The van der Waals surface area contributed by atoms with Gasteiger partial charge in [0.2, 0.25) is 5.56 Å². The van der Waals surface area contributed by atoms with Crippen molar-refractivity contribution in [2.45, 2.75) is 0 Å². The minimum Gasteiger partial charge on any atom is -0.411 e. The lowest BCUT2D eigenvalue weighted by Crippen LogP contribution is -2.04. The average molecular weight is 267 g/mol. The van der Waals surface area contributed by atoms with Crippen LogP contribution >= 0.6 is 15.9 Å². The van der Waals surface area contributed by atoms with Crippen molar-refractivity contribution in [2.75, 3.05) is 0 Å². The molecule has 0 unspecified atom stereocenters. The van der Waals surface area contributed by atoms with E-state index in [4.69, 9.17) is 5.21 Å². The number of oxime groups is 1. The molecule has 2 N–H and O–H groups in total. The van der Waals surface area contributed by atoms with Crippen LogP contribution in [0.1, 0.15) is 5.56 Å². The van der Waals surface area contributed by atoms with Crippen molar-refractivity contribution in [3.05, 3.63) is 44.7 Å². The number of hydrogen-bond acceptors (Lipinski definition) is 3. The number of aromatic nitrogens is 1. The number of nitrogens with one attached hydrogen (secondary N) is 1. The molecular formula is C10H7BrN2O2. The Labute approximate surface area is 93.4 Å². The molecule has 0 aliphatic carbocycles. The topological polar surface area (TPSA) is 65.4 Å². The number of benzene rings is 1. The molecule has 15 heavy (non-hydrogen) atoms. The van der Waals surface area contributed by atoms with Gasteiger partial charge in [0.1, 0.15) is 0 Å². The Morgan fingerprint density at radius 1 is 1.33 bits per heavy atom. The highest BCUT2D eigenvalue weighted by atomic mass is 79.9. The van der Waals surface area contributed by atoms with Gasteiger partial charge in [-0.1, -0.05) is 27.2 Å². The van der Waals surface area contributed by atoms with E-state index in [0.717, 1.165) is 9.86 Å². The zero-order chi connectivity index (χ0) is 10.8. The molecule has 0 fully saturated rings. The quantitative estimate of drug-likeness (QED) is 0.472. The fraction of sp³-hybridized carbons (Fsp3) is 0. The molecular weight excluding hydrogens is 260 g/mol. The van der Waals surface area contributed by atoms with Crippen LogP contribution in [0.3, 0.4) is 0 Å². The van der Waals surface area contributed by atoms with Crippen LogP contribution in [-0.4, -0.2) is 16.4 Å². The van der Waals surface area contributed by atoms with Gasteiger partial charge in [-0.05, 0) is 12.1 Å². The predicted octanol–water partition coefficient (Wildman–Crippen LogP) is 2.10. The summed E-state index contributed by atoms with van der Waals surface area (Å²) in [7, 11) is 0. The summed E-state index contributed by atoms with van der Waals surface area (Å²) >= 11 is 3.38. The first-order valence-corrected chi connectivity index (χ1v) is 5.00. The SMILES string of the molecule is O=c1ccc2c(Br)ccc(/C=N/O)c2[nH]1. The molecule has 0 bridgehead atoms. The van der Waals surface area contributed by atoms with Gasteiger partial charge in [0.25, 0.3) is 0 Å². The molecule has 0 radical (unpaired) electrons. The smallest absolute Gasteiger partial charge is 0.248 e. The fourth-order valence-corrected chi connectivity index (χ4v) is 1.87. The van der Waals surface area contributed by atoms with Gasteiger partial charge >= 0.3 is 0 Å². The summed E-state index contributed by atoms with van der Waals surface area (Å²) in [5.74, 6) is 0. The maximum absolute atomic E-state index is 11.2. The number of nitrogens with zero attached hydrogens (tertiary/aromatic N) is 1. The van der Waals surface area contributed by atoms with E-state index in [1.165, 1.54) is 12.3 Å². The summed E-state index contributed by atoms with van der Waals surface area (Å²) in [6, 6.07) is 6.75. The van der Waals surface area contributed by atoms with Crippen LogP contribution in [0.2, 0.25) is 0 Å². The van der Waals surface area contributed by atoms with Crippen LogP contribution in [0.15, 0.2) is 38.7 Å². The molecule has 2 rings (SSSR count). The summed E-state index contributed by atoms with van der Waals surface area (Å²) in [6.45, 7) is 0. The van der Waals surface area contributed by atoms with Crippen molar-refractivity contribution >= 4 is 33.0 Å². The third-order valence-electron chi connectivity index (χ3n) is 2.07. The summed E-state index contributed by atoms with van der Waals surface area (Å²) in [6.07, 6.45) is 1.28. The van der Waals surface area contributed by atoms with Crippen molar-refractivity contribution in [2.24, 2.45) is 5.16 Å². The van der Waals surface area contributed by atoms with Crippen molar-refractivity contribution in [3.63, 3.8) is 0 Å². The van der Waals surface area contributed by atoms with Crippen LogP contribution in [0.4, 0.5) is 0 Å². The second kappa shape index (κ2) is 3.86. The highest BCUT2D eigenvalue weighted by Gasteiger charge is 2.03. The van der Waals surface area contributed by atoms with Crippen LogP contribution < -0.4 is 5.56 Å². The highest BCUT2D eigenvalue weighted by molar-refractivity contribution is 9.10. The number of H-pyrrole nitrogens is 1. The van der Waals surface area contributed by atoms with E-state index >= 15 is 0 Å². The molecule has 0 saturated carbocycles. The Balaban J connectivity index is 2.89. The van der Waals surface area contributed by atoms with E-state index in [-0.39, 0.29) is 5.56 Å². The Kier molecular flexibility index (Phi) is 2.55. The number of halogens is 1. The standard InChI is InChI=1S/C10H7BrN2O2/c11-8-3-1-6(5-12-15)10-7(8)2-4-9(14)13-10/h1-5,15H,(H,13,14)/b12-5+. The fourth-order valence-electron chi connectivity index (χ4n) is 1.41. The summed E-state index contributed by atoms with van der Waals surface area (Å²) in [5.41, 5.74) is 1.12. The second-order valence-corrected chi connectivity index (χ2v) is 3.85. The summed E-state index contributed by atoms with van der Waals surface area (Å²) in [5, 5.41) is 12.3. The maximum atomic E-state index is 11.2. The number of fused-ring (bicyclic) bond motifs is 1. The molecule has 0 amide bonds. The zero-order valence-electron chi connectivity index (χ0n) is 7.57. The Morgan fingerprint density at radius 3 is 2.87 bits per heavy atom. The molecule has 0 atom stereocenters. The van der Waals surface area contributed by atoms with E-state index < -0.39 is 0 Å². The molecule has 1 aromatic heterocycles. The van der Waals surface area contributed by atoms with Crippen LogP contribution in [0, 0.1) is 0 Å². The van der Waals surface area contributed by atoms with E-state index in [0.29, 0.717) is 11.1 Å². The van der Waals surface area contributed by atoms with Gasteiger partial charge in [0.15, 0.2) is 0 Å². The van der Waals surface area contributed by atoms with Gasteiger partial charge in [-0.3, -0.25) is 4.79 Å². The molecule has 0 aliphatic heterocycles. The lowest BCUT2D eigenvalue weighted by Gasteiger charge is -2.02. The predicted molar refractivity (Wildman–Crippen MR) is 61.6 cm³/mol. The van der Waals surface area contributed by atoms with Gasteiger partial charge in [-0.2, -0.15) is 0 Å². The first-order valence-electron chi connectivity index (χ1n) is 4.21. The van der Waals surface area contributed by atoms with Crippen LogP contribution in [0.5, 0.6) is 0 Å². The van der Waals surface area contributed by atoms with Crippen molar-refractivity contribution in [1.82, 2.24) is 4.98 Å². The molecule has 5 heteroatoms. The second-order valence-electron chi connectivity index (χ2n) is 2.99. The molecule has 4 nitrogen and oxygen atoms in total. The Hall–Kier alpha value is -1.62. The monoisotopic (exact) mass is 266 g/mol. The molecule has 0 saturated heterocycles. The van der Waals surface area contributed by atoms with E-state index in [9.17, 15) is 4.79 Å². The van der Waals surface area contributed by atoms with E-state index in [1.54, 1.807) is 12.1 Å². The molecule has 1 aromatic carbocycles. The summed E-state index contributed by atoms with van der Waals surface area (Å²) < 4.78 is 0.879. The molecule has 0 aliphatic rings. The number of aromatic amines is 1. The van der Waals surface area contributed by atoms with Gasteiger partial charge in [-0.15, -0.1) is 0 Å². The minimum absolute atomic E-state index is 0.187. The van der Waals surface area contributed by atoms with Gasteiger partial charge in [0, 0.05) is 21.5 Å². The Bertz CT molecular complexity index is 589. The van der Waals surface area contributed by atoms with E-state index in [2.05, 4.69) is 26.1 Å². The highest BCUT2D eigenvalue weighted by Crippen LogP contribution is 2.23. The lowest BCUT2D eigenvalue weighted by molar-refractivity contribution is 0.322. The summed E-state index contributed by atoms with van der Waals surface area (Å²) in [4.78, 5) is 13.9. The molecule has 0 spiro atoms.